The highest BCUT2D eigenvalue weighted by atomic mass is 19.4. The molecule has 1 saturated heterocycles. The second-order valence-corrected chi connectivity index (χ2v) is 9.82. The Morgan fingerprint density at radius 2 is 1.94 bits per heavy atom. The fourth-order valence-electron chi connectivity index (χ4n) is 4.86. The quantitative estimate of drug-likeness (QED) is 0.605. The third kappa shape index (κ3) is 5.47. The summed E-state index contributed by atoms with van der Waals surface area (Å²) < 4.78 is 75.1. The van der Waals surface area contributed by atoms with Gasteiger partial charge in [-0.3, -0.25) is 4.79 Å². The predicted octanol–water partition coefficient (Wildman–Crippen LogP) is 5.41. The zero-order valence-corrected chi connectivity index (χ0v) is 18.6. The lowest BCUT2D eigenvalue weighted by Gasteiger charge is -2.35. The number of pyridine rings is 1. The molecule has 33 heavy (non-hydrogen) atoms. The first kappa shape index (κ1) is 23.9. The van der Waals surface area contributed by atoms with Crippen molar-refractivity contribution in [3.05, 3.63) is 35.3 Å². The average molecular weight is 473 g/mol. The lowest BCUT2D eigenvalue weighted by molar-refractivity contribution is -0.141. The number of nitrogens with one attached hydrogen (secondary N) is 1. The van der Waals surface area contributed by atoms with E-state index < -0.39 is 17.8 Å². The standard InChI is InChI=1S/C23H28F5N3O2/c1-21(2)13-16(6-10-33-21)29-20(32)15-5-9-31-17(11-14-3-7-22(24,25)8-4-14)19(23(26,27)28)30-18(31)12-15/h5,9,12,14,16H,3-4,6-8,10-11,13H2,1-2H3,(H,29,32). The van der Waals surface area contributed by atoms with Gasteiger partial charge in [0.15, 0.2) is 5.69 Å². The number of amides is 1. The molecule has 0 bridgehead atoms. The molecular weight excluding hydrogens is 445 g/mol. The SMILES string of the molecule is CC1(C)CC(NC(=O)c2ccn3c(CC4CCC(F)(F)CC4)c(C(F)(F)F)nc3c2)CCO1. The van der Waals surface area contributed by atoms with Gasteiger partial charge in [0, 0.05) is 37.3 Å². The maximum atomic E-state index is 13.7. The summed E-state index contributed by atoms with van der Waals surface area (Å²) in [4.78, 5) is 16.5. The highest BCUT2D eigenvalue weighted by Crippen LogP contribution is 2.40. The number of hydrogen-bond donors (Lipinski definition) is 1. The molecule has 0 spiro atoms. The number of aromatic nitrogens is 2. The predicted molar refractivity (Wildman–Crippen MR) is 111 cm³/mol. The van der Waals surface area contributed by atoms with E-state index in [1.165, 1.54) is 22.7 Å². The number of ether oxygens (including phenoxy) is 1. The van der Waals surface area contributed by atoms with E-state index in [2.05, 4.69) is 10.3 Å². The summed E-state index contributed by atoms with van der Waals surface area (Å²) in [5, 5.41) is 2.93. The van der Waals surface area contributed by atoms with Crippen LogP contribution in [0.25, 0.3) is 5.65 Å². The topological polar surface area (TPSA) is 55.6 Å². The van der Waals surface area contributed by atoms with Gasteiger partial charge in [-0.05, 0) is 64.0 Å². The second-order valence-electron chi connectivity index (χ2n) is 9.82. The van der Waals surface area contributed by atoms with Crippen LogP contribution in [-0.4, -0.2) is 39.5 Å². The zero-order chi connectivity index (χ0) is 24.0. The van der Waals surface area contributed by atoms with Crippen LogP contribution in [0.3, 0.4) is 0 Å². The Morgan fingerprint density at radius 3 is 2.58 bits per heavy atom. The molecule has 2 aromatic rings. The molecule has 5 nitrogen and oxygen atoms in total. The van der Waals surface area contributed by atoms with Crippen LogP contribution in [-0.2, 0) is 17.3 Å². The minimum absolute atomic E-state index is 0.00872. The number of alkyl halides is 5. The Hall–Kier alpha value is -2.23. The molecule has 0 radical (unpaired) electrons. The van der Waals surface area contributed by atoms with Gasteiger partial charge in [-0.15, -0.1) is 0 Å². The summed E-state index contributed by atoms with van der Waals surface area (Å²) in [6, 6.07) is 2.71. The molecule has 0 aromatic carbocycles. The van der Waals surface area contributed by atoms with E-state index in [1.807, 2.05) is 13.8 Å². The largest absolute Gasteiger partial charge is 0.435 e. The average Bonchev–Trinajstić information content (AvgIpc) is 3.07. The van der Waals surface area contributed by atoms with E-state index in [1.54, 1.807) is 0 Å². The number of hydrogen-bond acceptors (Lipinski definition) is 3. The summed E-state index contributed by atoms with van der Waals surface area (Å²) in [6.45, 7) is 4.40. The molecule has 1 amide bonds. The third-order valence-corrected chi connectivity index (χ3v) is 6.61. The first-order chi connectivity index (χ1) is 15.3. The van der Waals surface area contributed by atoms with Crippen LogP contribution in [0.1, 0.15) is 74.1 Å². The van der Waals surface area contributed by atoms with Crippen molar-refractivity contribution in [1.82, 2.24) is 14.7 Å². The molecule has 10 heteroatoms. The first-order valence-corrected chi connectivity index (χ1v) is 11.2. The summed E-state index contributed by atoms with van der Waals surface area (Å²) >= 11 is 0. The number of fused-ring (bicyclic) bond motifs is 1. The molecule has 182 valence electrons. The molecule has 1 saturated carbocycles. The third-order valence-electron chi connectivity index (χ3n) is 6.61. The van der Waals surface area contributed by atoms with Crippen LogP contribution < -0.4 is 5.32 Å². The Bertz CT molecular complexity index is 1020. The van der Waals surface area contributed by atoms with E-state index >= 15 is 0 Å². The van der Waals surface area contributed by atoms with Crippen molar-refractivity contribution in [3.8, 4) is 0 Å². The van der Waals surface area contributed by atoms with E-state index in [0.717, 1.165) is 0 Å². The van der Waals surface area contributed by atoms with Crippen molar-refractivity contribution in [2.24, 2.45) is 5.92 Å². The van der Waals surface area contributed by atoms with Crippen molar-refractivity contribution < 1.29 is 31.5 Å². The van der Waals surface area contributed by atoms with Gasteiger partial charge < -0.3 is 14.5 Å². The van der Waals surface area contributed by atoms with Crippen LogP contribution in [0.5, 0.6) is 0 Å². The number of carbonyl (C=O) groups is 1. The van der Waals surface area contributed by atoms with E-state index in [9.17, 15) is 26.7 Å². The lowest BCUT2D eigenvalue weighted by Crippen LogP contribution is -2.45. The lowest BCUT2D eigenvalue weighted by atomic mass is 9.83. The summed E-state index contributed by atoms with van der Waals surface area (Å²) in [7, 11) is 0. The Labute approximate surface area is 188 Å². The van der Waals surface area contributed by atoms with Crippen LogP contribution in [0.2, 0.25) is 0 Å². The van der Waals surface area contributed by atoms with Gasteiger partial charge in [-0.1, -0.05) is 0 Å². The number of rotatable bonds is 4. The minimum Gasteiger partial charge on any atom is -0.375 e. The minimum atomic E-state index is -4.68. The van der Waals surface area contributed by atoms with E-state index in [0.29, 0.717) is 19.4 Å². The normalized spacial score (nSPS) is 23.5. The fourth-order valence-corrected chi connectivity index (χ4v) is 4.86. The first-order valence-electron chi connectivity index (χ1n) is 11.2. The van der Waals surface area contributed by atoms with Gasteiger partial charge in [0.05, 0.1) is 11.3 Å². The Morgan fingerprint density at radius 1 is 1.24 bits per heavy atom. The molecule has 1 unspecified atom stereocenters. The zero-order valence-electron chi connectivity index (χ0n) is 18.6. The molecule has 3 heterocycles. The van der Waals surface area contributed by atoms with Gasteiger partial charge in [0.1, 0.15) is 5.65 Å². The van der Waals surface area contributed by atoms with Crippen LogP contribution in [0.4, 0.5) is 22.0 Å². The van der Waals surface area contributed by atoms with Crippen molar-refractivity contribution in [3.63, 3.8) is 0 Å². The molecule has 2 fully saturated rings. The number of halogens is 5. The van der Waals surface area contributed by atoms with Crippen LogP contribution in [0.15, 0.2) is 18.3 Å². The summed E-state index contributed by atoms with van der Waals surface area (Å²) in [5.74, 6) is -3.40. The fraction of sp³-hybridized carbons (Fsp3) is 0.652. The van der Waals surface area contributed by atoms with Crippen molar-refractivity contribution in [1.29, 1.82) is 0 Å². The van der Waals surface area contributed by atoms with Crippen LogP contribution in [0, 0.1) is 5.92 Å². The molecule has 1 aliphatic carbocycles. The highest BCUT2D eigenvalue weighted by molar-refractivity contribution is 5.95. The van der Waals surface area contributed by atoms with E-state index in [4.69, 9.17) is 4.74 Å². The molecule has 1 N–H and O–H groups in total. The van der Waals surface area contributed by atoms with Gasteiger partial charge in [-0.25, -0.2) is 13.8 Å². The van der Waals surface area contributed by atoms with Gasteiger partial charge in [-0.2, -0.15) is 13.2 Å². The van der Waals surface area contributed by atoms with Crippen molar-refractivity contribution in [2.75, 3.05) is 6.61 Å². The molecular formula is C23H28F5N3O2. The van der Waals surface area contributed by atoms with Crippen LogP contribution >= 0.6 is 0 Å². The Kier molecular flexibility index (Phi) is 6.18. The molecule has 4 rings (SSSR count). The number of nitrogens with zero attached hydrogens (tertiary/aromatic N) is 2. The summed E-state index contributed by atoms with van der Waals surface area (Å²) in [6.07, 6.45) is -2.28. The maximum absolute atomic E-state index is 13.7. The van der Waals surface area contributed by atoms with Crippen molar-refractivity contribution >= 4 is 11.6 Å². The summed E-state index contributed by atoms with van der Waals surface area (Å²) in [5.41, 5.74) is -1.20. The maximum Gasteiger partial charge on any atom is 0.435 e. The monoisotopic (exact) mass is 473 g/mol. The van der Waals surface area contributed by atoms with Gasteiger partial charge >= 0.3 is 6.18 Å². The van der Waals surface area contributed by atoms with E-state index in [-0.39, 0.29) is 72.5 Å². The van der Waals surface area contributed by atoms with Gasteiger partial charge in [0.25, 0.3) is 5.91 Å². The molecule has 1 aliphatic heterocycles. The molecule has 2 aliphatic rings. The van der Waals surface area contributed by atoms with Crippen molar-refractivity contribution in [2.45, 2.75) is 82.5 Å². The highest BCUT2D eigenvalue weighted by Gasteiger charge is 2.40. The van der Waals surface area contributed by atoms with Gasteiger partial charge in [0.2, 0.25) is 5.92 Å². The number of carbonyl (C=O) groups excluding carboxylic acids is 1. The Balaban J connectivity index is 1.57. The molecule has 1 atom stereocenters. The second kappa shape index (κ2) is 8.52. The number of imidazole rings is 1. The molecule has 2 aromatic heterocycles. The smallest absolute Gasteiger partial charge is 0.375 e.